The molecule has 0 aromatic carbocycles. The molecule has 2 N–H and O–H groups in total. The number of morpholine rings is 1. The quantitative estimate of drug-likeness (QED) is 0.661. The van der Waals surface area contributed by atoms with E-state index in [1.807, 2.05) is 13.8 Å². The second kappa shape index (κ2) is 7.33. The fourth-order valence-corrected chi connectivity index (χ4v) is 1.78. The molecule has 0 unspecified atom stereocenters. The maximum Gasteiger partial charge on any atom is 0.328 e. The van der Waals surface area contributed by atoms with Gasteiger partial charge < -0.3 is 20.1 Å². The molecule has 0 aliphatic carbocycles. The van der Waals surface area contributed by atoms with Crippen LogP contribution in [-0.4, -0.2) is 50.8 Å². The third-order valence-corrected chi connectivity index (χ3v) is 3.19. The van der Waals surface area contributed by atoms with Crippen molar-refractivity contribution in [2.24, 2.45) is 5.92 Å². The lowest BCUT2D eigenvalue weighted by molar-refractivity contribution is -0.149. The van der Waals surface area contributed by atoms with Crippen LogP contribution in [0, 0.1) is 5.92 Å². The van der Waals surface area contributed by atoms with Gasteiger partial charge in [-0.3, -0.25) is 4.79 Å². The summed E-state index contributed by atoms with van der Waals surface area (Å²) in [5, 5.41) is 5.78. The van der Waals surface area contributed by atoms with Gasteiger partial charge in [0, 0.05) is 13.1 Å². The summed E-state index contributed by atoms with van der Waals surface area (Å²) >= 11 is 0. The number of ether oxygens (including phenoxy) is 2. The van der Waals surface area contributed by atoms with E-state index in [4.69, 9.17) is 9.47 Å². The maximum absolute atomic E-state index is 12.0. The highest BCUT2D eigenvalue weighted by atomic mass is 16.5. The van der Waals surface area contributed by atoms with Gasteiger partial charge in [0.15, 0.2) is 0 Å². The van der Waals surface area contributed by atoms with Crippen LogP contribution in [0.5, 0.6) is 0 Å². The Hall–Kier alpha value is -1.14. The Morgan fingerprint density at radius 1 is 1.56 bits per heavy atom. The van der Waals surface area contributed by atoms with Crippen molar-refractivity contribution in [3.05, 3.63) is 0 Å². The van der Waals surface area contributed by atoms with Crippen LogP contribution >= 0.6 is 0 Å². The van der Waals surface area contributed by atoms with Crippen molar-refractivity contribution >= 4 is 11.9 Å². The lowest BCUT2D eigenvalue weighted by Gasteiger charge is -2.27. The normalized spacial score (nSPS) is 22.9. The van der Waals surface area contributed by atoms with Gasteiger partial charge in [-0.25, -0.2) is 4.79 Å². The smallest absolute Gasteiger partial charge is 0.328 e. The van der Waals surface area contributed by atoms with E-state index < -0.39 is 18.1 Å². The van der Waals surface area contributed by atoms with Crippen molar-refractivity contribution < 1.29 is 19.1 Å². The van der Waals surface area contributed by atoms with Gasteiger partial charge in [-0.05, 0) is 5.92 Å². The molecular weight excluding hydrogens is 236 g/mol. The summed E-state index contributed by atoms with van der Waals surface area (Å²) in [7, 11) is 1.32. The second-order valence-corrected chi connectivity index (χ2v) is 4.46. The van der Waals surface area contributed by atoms with Crippen LogP contribution in [0.4, 0.5) is 0 Å². The minimum atomic E-state index is -0.613. The summed E-state index contributed by atoms with van der Waals surface area (Å²) in [4.78, 5) is 23.6. The van der Waals surface area contributed by atoms with Crippen molar-refractivity contribution in [2.45, 2.75) is 32.4 Å². The van der Waals surface area contributed by atoms with Gasteiger partial charge in [-0.2, -0.15) is 0 Å². The maximum atomic E-state index is 12.0. The molecule has 3 atom stereocenters. The summed E-state index contributed by atoms with van der Waals surface area (Å²) in [5.74, 6) is -0.655. The zero-order chi connectivity index (χ0) is 13.5. The zero-order valence-electron chi connectivity index (χ0n) is 11.2. The average Bonchev–Trinajstić information content (AvgIpc) is 2.43. The first kappa shape index (κ1) is 14.9. The van der Waals surface area contributed by atoms with Gasteiger partial charge in [0.2, 0.25) is 0 Å². The highest BCUT2D eigenvalue weighted by Gasteiger charge is 2.30. The molecule has 1 aliphatic heterocycles. The Bertz CT molecular complexity index is 290. The summed E-state index contributed by atoms with van der Waals surface area (Å²) in [5.41, 5.74) is 0. The molecule has 0 bridgehead atoms. The van der Waals surface area contributed by atoms with E-state index in [0.717, 1.165) is 13.0 Å². The molecule has 1 heterocycles. The Morgan fingerprint density at radius 3 is 2.78 bits per heavy atom. The van der Waals surface area contributed by atoms with Crippen LogP contribution in [0.2, 0.25) is 0 Å². The van der Waals surface area contributed by atoms with Gasteiger partial charge in [0.1, 0.15) is 12.1 Å². The Balaban J connectivity index is 2.58. The van der Waals surface area contributed by atoms with E-state index in [2.05, 4.69) is 10.6 Å². The largest absolute Gasteiger partial charge is 0.467 e. The summed E-state index contributed by atoms with van der Waals surface area (Å²) in [6.45, 7) is 5.59. The molecule has 1 saturated heterocycles. The van der Waals surface area contributed by atoms with Crippen LogP contribution in [0.3, 0.4) is 0 Å². The number of hydrogen-bond donors (Lipinski definition) is 2. The van der Waals surface area contributed by atoms with E-state index in [1.165, 1.54) is 7.11 Å². The number of nitrogens with one attached hydrogen (secondary N) is 2. The Labute approximate surface area is 107 Å². The molecule has 1 amide bonds. The van der Waals surface area contributed by atoms with E-state index in [1.54, 1.807) is 0 Å². The van der Waals surface area contributed by atoms with Crippen molar-refractivity contribution in [3.8, 4) is 0 Å². The van der Waals surface area contributed by atoms with Gasteiger partial charge in [-0.1, -0.05) is 20.3 Å². The average molecular weight is 258 g/mol. The monoisotopic (exact) mass is 258 g/mol. The topological polar surface area (TPSA) is 76.7 Å². The molecule has 6 nitrogen and oxygen atoms in total. The Morgan fingerprint density at radius 2 is 2.28 bits per heavy atom. The number of esters is 1. The van der Waals surface area contributed by atoms with E-state index in [9.17, 15) is 9.59 Å². The molecule has 0 spiro atoms. The number of carbonyl (C=O) groups excluding carboxylic acids is 2. The molecule has 0 radical (unpaired) electrons. The first-order valence-electron chi connectivity index (χ1n) is 6.30. The first-order valence-corrected chi connectivity index (χ1v) is 6.30. The van der Waals surface area contributed by atoms with E-state index in [-0.39, 0.29) is 11.8 Å². The van der Waals surface area contributed by atoms with Crippen molar-refractivity contribution in [1.82, 2.24) is 10.6 Å². The molecule has 104 valence electrons. The lowest BCUT2D eigenvalue weighted by Crippen LogP contribution is -2.53. The van der Waals surface area contributed by atoms with Crippen LogP contribution in [-0.2, 0) is 19.1 Å². The molecule has 1 fully saturated rings. The fourth-order valence-electron chi connectivity index (χ4n) is 1.78. The van der Waals surface area contributed by atoms with Gasteiger partial charge >= 0.3 is 5.97 Å². The lowest BCUT2D eigenvalue weighted by atomic mass is 9.99. The number of hydrogen-bond acceptors (Lipinski definition) is 5. The van der Waals surface area contributed by atoms with Gasteiger partial charge in [0.25, 0.3) is 5.91 Å². The highest BCUT2D eigenvalue weighted by molar-refractivity contribution is 5.87. The molecule has 6 heteroatoms. The molecule has 1 rings (SSSR count). The zero-order valence-corrected chi connectivity index (χ0v) is 11.2. The molecule has 0 aromatic heterocycles. The third kappa shape index (κ3) is 3.96. The van der Waals surface area contributed by atoms with Crippen LogP contribution in [0.15, 0.2) is 0 Å². The number of rotatable bonds is 5. The predicted molar refractivity (Wildman–Crippen MR) is 66.0 cm³/mol. The highest BCUT2D eigenvalue weighted by Crippen LogP contribution is 2.10. The standard InChI is InChI=1S/C12H22N2O4/c1-4-8(2)10(12(16)17-3)14-11(15)9-7-13-5-6-18-9/h8-10,13H,4-7H2,1-3H3,(H,14,15)/t8-,9+,10-/m0/s1. The molecule has 1 aliphatic rings. The summed E-state index contributed by atoms with van der Waals surface area (Å²) in [6.07, 6.45) is 0.249. The van der Waals surface area contributed by atoms with E-state index >= 15 is 0 Å². The number of amides is 1. The van der Waals surface area contributed by atoms with Crippen molar-refractivity contribution in [2.75, 3.05) is 26.8 Å². The van der Waals surface area contributed by atoms with Crippen molar-refractivity contribution in [3.63, 3.8) is 0 Å². The number of methoxy groups -OCH3 is 1. The van der Waals surface area contributed by atoms with Crippen molar-refractivity contribution in [1.29, 1.82) is 0 Å². The van der Waals surface area contributed by atoms with E-state index in [0.29, 0.717) is 13.2 Å². The predicted octanol–water partition coefficient (Wildman–Crippen LogP) is -0.321. The molecule has 18 heavy (non-hydrogen) atoms. The first-order chi connectivity index (χ1) is 8.60. The SMILES string of the molecule is CC[C@H](C)[C@H](NC(=O)[C@H]1CNCCO1)C(=O)OC. The van der Waals surface area contributed by atoms with Crippen LogP contribution in [0.1, 0.15) is 20.3 Å². The third-order valence-electron chi connectivity index (χ3n) is 3.19. The second-order valence-electron chi connectivity index (χ2n) is 4.46. The number of carbonyl (C=O) groups is 2. The fraction of sp³-hybridized carbons (Fsp3) is 0.833. The van der Waals surface area contributed by atoms with Gasteiger partial charge in [0.05, 0.1) is 13.7 Å². The minimum Gasteiger partial charge on any atom is -0.467 e. The molecule has 0 aromatic rings. The molecule has 0 saturated carbocycles. The van der Waals surface area contributed by atoms with Crippen LogP contribution < -0.4 is 10.6 Å². The Kier molecular flexibility index (Phi) is 6.07. The molecular formula is C12H22N2O4. The van der Waals surface area contributed by atoms with Crippen LogP contribution in [0.25, 0.3) is 0 Å². The summed E-state index contributed by atoms with van der Waals surface area (Å²) in [6, 6.07) is -0.613. The summed E-state index contributed by atoms with van der Waals surface area (Å²) < 4.78 is 10.1. The van der Waals surface area contributed by atoms with Gasteiger partial charge in [-0.15, -0.1) is 0 Å². The minimum absolute atomic E-state index is 0.0259.